The Morgan fingerprint density at radius 2 is 1.72 bits per heavy atom. The fraction of sp³-hybridized carbons (Fsp3) is 0.375. The number of carboxylic acid groups (broad SMARTS) is 1. The van der Waals surface area contributed by atoms with Gasteiger partial charge in [0.2, 0.25) is 0 Å². The Morgan fingerprint density at radius 3 is 2.32 bits per heavy atom. The quantitative estimate of drug-likeness (QED) is 0.309. The first kappa shape index (κ1) is 20.1. The van der Waals surface area contributed by atoms with Crippen molar-refractivity contribution in [2.75, 3.05) is 19.6 Å². The van der Waals surface area contributed by atoms with Crippen molar-refractivity contribution in [2.45, 2.75) is 19.4 Å². The lowest BCUT2D eigenvalue weighted by atomic mass is 10.1. The van der Waals surface area contributed by atoms with Gasteiger partial charge in [-0.05, 0) is 12.1 Å². The van der Waals surface area contributed by atoms with Crippen molar-refractivity contribution in [3.63, 3.8) is 0 Å². The smallest absolute Gasteiger partial charge is 0.326 e. The lowest BCUT2D eigenvalue weighted by Crippen LogP contribution is -2.52. The molecule has 136 valence electrons. The van der Waals surface area contributed by atoms with Crippen LogP contribution in [0.5, 0.6) is 0 Å². The third-order valence-electron chi connectivity index (χ3n) is 3.16. The van der Waals surface area contributed by atoms with Crippen molar-refractivity contribution >= 4 is 23.8 Å². The van der Waals surface area contributed by atoms with E-state index in [0.29, 0.717) is 12.1 Å². The first-order chi connectivity index (χ1) is 11.9. The molecule has 9 nitrogen and oxygen atoms in total. The summed E-state index contributed by atoms with van der Waals surface area (Å²) in [5.41, 5.74) is 0.711. The Morgan fingerprint density at radius 1 is 1.04 bits per heavy atom. The molecule has 1 unspecified atom stereocenters. The lowest BCUT2D eigenvalue weighted by Gasteiger charge is -2.14. The maximum absolute atomic E-state index is 11.7. The van der Waals surface area contributed by atoms with Crippen molar-refractivity contribution < 1.29 is 24.3 Å². The van der Waals surface area contributed by atoms with E-state index in [0.717, 1.165) is 6.54 Å². The van der Waals surface area contributed by atoms with Crippen LogP contribution >= 0.6 is 0 Å². The van der Waals surface area contributed by atoms with Crippen molar-refractivity contribution in [3.05, 3.63) is 35.9 Å². The van der Waals surface area contributed by atoms with Crippen LogP contribution in [0, 0.1) is 0 Å². The first-order valence-electron chi connectivity index (χ1n) is 7.81. The number of carboxylic acids is 1. The van der Waals surface area contributed by atoms with Gasteiger partial charge in [-0.25, -0.2) is 9.59 Å². The number of urea groups is 1. The van der Waals surface area contributed by atoms with Crippen LogP contribution in [-0.2, 0) is 20.8 Å². The van der Waals surface area contributed by atoms with E-state index in [4.69, 9.17) is 0 Å². The van der Waals surface area contributed by atoms with E-state index in [1.807, 2.05) is 6.92 Å². The molecule has 4 amide bonds. The van der Waals surface area contributed by atoms with E-state index in [1.54, 1.807) is 35.6 Å². The zero-order chi connectivity index (χ0) is 18.7. The molecule has 25 heavy (non-hydrogen) atoms. The predicted molar refractivity (Wildman–Crippen MR) is 89.8 cm³/mol. The molecule has 0 spiro atoms. The molecule has 0 bridgehead atoms. The highest BCUT2D eigenvalue weighted by atomic mass is 16.4. The molecule has 0 radical (unpaired) electrons. The monoisotopic (exact) mass is 350 g/mol. The number of nitrogens with one attached hydrogen (secondary N) is 4. The second-order valence-corrected chi connectivity index (χ2v) is 5.12. The molecule has 1 atom stereocenters. The molecule has 0 aromatic heterocycles. The normalized spacial score (nSPS) is 11.2. The van der Waals surface area contributed by atoms with E-state index in [9.17, 15) is 24.3 Å². The maximum atomic E-state index is 11.7. The van der Waals surface area contributed by atoms with Gasteiger partial charge in [-0.1, -0.05) is 37.3 Å². The van der Waals surface area contributed by atoms with Crippen LogP contribution in [0.1, 0.15) is 12.5 Å². The predicted octanol–water partition coefficient (Wildman–Crippen LogP) is -0.766. The van der Waals surface area contributed by atoms with Crippen molar-refractivity contribution in [3.8, 4) is 0 Å². The highest BCUT2D eigenvalue weighted by Gasteiger charge is 2.23. The number of amides is 4. The molecule has 0 fully saturated rings. The number of carbonyl (C=O) groups excluding carboxylic acids is 3. The molecule has 1 aromatic rings. The molecule has 0 aliphatic heterocycles. The van der Waals surface area contributed by atoms with E-state index in [-0.39, 0.29) is 13.0 Å². The summed E-state index contributed by atoms with van der Waals surface area (Å²) in [5.74, 6) is -3.37. The van der Waals surface area contributed by atoms with Crippen LogP contribution in [-0.4, -0.2) is 54.6 Å². The van der Waals surface area contributed by atoms with Crippen molar-refractivity contribution in [1.82, 2.24) is 21.3 Å². The highest BCUT2D eigenvalue weighted by molar-refractivity contribution is 6.37. The first-order valence-corrected chi connectivity index (χ1v) is 7.81. The van der Waals surface area contributed by atoms with Gasteiger partial charge >= 0.3 is 23.8 Å². The van der Waals surface area contributed by atoms with Gasteiger partial charge < -0.3 is 21.1 Å². The van der Waals surface area contributed by atoms with E-state index < -0.39 is 29.9 Å². The lowest BCUT2D eigenvalue weighted by molar-refractivity contribution is -0.139. The Hall–Kier alpha value is -2.94. The van der Waals surface area contributed by atoms with Gasteiger partial charge in [0, 0.05) is 19.5 Å². The molecule has 9 heteroatoms. The van der Waals surface area contributed by atoms with Crippen LogP contribution < -0.4 is 21.3 Å². The van der Waals surface area contributed by atoms with E-state index >= 15 is 0 Å². The number of carbonyl (C=O) groups is 4. The minimum absolute atomic E-state index is 0.0483. The van der Waals surface area contributed by atoms with Crippen LogP contribution in [0.3, 0.4) is 0 Å². The summed E-state index contributed by atoms with van der Waals surface area (Å²) in [4.78, 5) is 46.1. The second kappa shape index (κ2) is 10.8. The number of hydrogen-bond donors (Lipinski definition) is 5. The zero-order valence-electron chi connectivity index (χ0n) is 13.9. The fourth-order valence-corrected chi connectivity index (χ4v) is 1.93. The number of hydrogen-bond acceptors (Lipinski definition) is 5. The van der Waals surface area contributed by atoms with Gasteiger partial charge in [-0.15, -0.1) is 0 Å². The Balaban J connectivity index is 2.47. The molecule has 1 rings (SSSR count). The molecule has 0 aliphatic carbocycles. The van der Waals surface area contributed by atoms with Crippen LogP contribution in [0.2, 0.25) is 0 Å². The average molecular weight is 350 g/mol. The molecular weight excluding hydrogens is 328 g/mol. The standard InChI is InChI=1S/C16H22N4O5/c1-2-17-8-9-18-13(21)14(22)20-16(25)19-12(15(23)24)10-11-6-4-3-5-7-11/h3-7,12,17H,2,8-10H2,1H3,(H,18,21)(H,23,24)(H2,19,20,22,25). The maximum Gasteiger partial charge on any atom is 0.326 e. The highest BCUT2D eigenvalue weighted by Crippen LogP contribution is 2.03. The van der Waals surface area contributed by atoms with Gasteiger partial charge in [-0.2, -0.15) is 0 Å². The van der Waals surface area contributed by atoms with Gasteiger partial charge in [0.1, 0.15) is 6.04 Å². The van der Waals surface area contributed by atoms with Crippen LogP contribution in [0.4, 0.5) is 4.79 Å². The minimum atomic E-state index is -1.25. The molecule has 0 heterocycles. The van der Waals surface area contributed by atoms with Crippen molar-refractivity contribution in [2.24, 2.45) is 0 Å². The topological polar surface area (TPSA) is 137 Å². The Labute approximate surface area is 145 Å². The van der Waals surface area contributed by atoms with Crippen molar-refractivity contribution in [1.29, 1.82) is 0 Å². The third kappa shape index (κ3) is 7.93. The minimum Gasteiger partial charge on any atom is -0.480 e. The van der Waals surface area contributed by atoms with E-state index in [2.05, 4.69) is 16.0 Å². The van der Waals surface area contributed by atoms with Gasteiger partial charge in [0.05, 0.1) is 0 Å². The number of imide groups is 1. The Bertz CT molecular complexity index is 606. The molecule has 0 aliphatic rings. The summed E-state index contributed by atoms with van der Waals surface area (Å²) in [7, 11) is 0. The number of likely N-dealkylation sites (N-methyl/N-ethyl adjacent to an activating group) is 1. The summed E-state index contributed by atoms with van der Waals surface area (Å²) >= 11 is 0. The number of aliphatic carboxylic acids is 1. The third-order valence-corrected chi connectivity index (χ3v) is 3.16. The molecule has 1 aromatic carbocycles. The molecule has 0 saturated heterocycles. The van der Waals surface area contributed by atoms with Crippen LogP contribution in [0.25, 0.3) is 0 Å². The average Bonchev–Trinajstić information content (AvgIpc) is 2.58. The summed E-state index contributed by atoms with van der Waals surface area (Å²) < 4.78 is 0. The number of benzene rings is 1. The van der Waals surface area contributed by atoms with E-state index in [1.165, 1.54) is 0 Å². The van der Waals surface area contributed by atoms with Crippen LogP contribution in [0.15, 0.2) is 30.3 Å². The summed E-state index contributed by atoms with van der Waals surface area (Å²) in [5, 5.41) is 18.4. The molecular formula is C16H22N4O5. The summed E-state index contributed by atoms with van der Waals surface area (Å²) in [6, 6.07) is 6.44. The SMILES string of the molecule is CCNCCNC(=O)C(=O)NC(=O)NC(Cc1ccccc1)C(=O)O. The Kier molecular flexibility index (Phi) is 8.66. The number of rotatable bonds is 8. The largest absolute Gasteiger partial charge is 0.480 e. The molecule has 0 saturated carbocycles. The fourth-order valence-electron chi connectivity index (χ4n) is 1.93. The zero-order valence-corrected chi connectivity index (χ0v) is 13.9. The van der Waals surface area contributed by atoms with Gasteiger partial charge in [0.15, 0.2) is 0 Å². The van der Waals surface area contributed by atoms with Gasteiger partial charge in [0.25, 0.3) is 0 Å². The molecule has 5 N–H and O–H groups in total. The summed E-state index contributed by atoms with van der Waals surface area (Å²) in [6.45, 7) is 3.34. The second-order valence-electron chi connectivity index (χ2n) is 5.12. The summed E-state index contributed by atoms with van der Waals surface area (Å²) in [6.07, 6.45) is 0.0483. The van der Waals surface area contributed by atoms with Gasteiger partial charge in [-0.3, -0.25) is 14.9 Å².